The number of hydrogen-bond acceptors (Lipinski definition) is 3. The van der Waals surface area contributed by atoms with Gasteiger partial charge in [0.2, 0.25) is 0 Å². The summed E-state index contributed by atoms with van der Waals surface area (Å²) in [4.78, 5) is 23.5. The molecule has 1 aromatic carbocycles. The number of alkyl halides is 3. The van der Waals surface area contributed by atoms with E-state index in [0.29, 0.717) is 0 Å². The lowest BCUT2D eigenvalue weighted by Gasteiger charge is -2.28. The first kappa shape index (κ1) is 17.0. The lowest BCUT2D eigenvalue weighted by Crippen LogP contribution is -2.48. The summed E-state index contributed by atoms with van der Waals surface area (Å²) in [6.07, 6.45) is -6.66. The molecule has 1 aromatic rings. The second kappa shape index (κ2) is 6.15. The molecule has 0 aliphatic heterocycles. The predicted octanol–water partition coefficient (Wildman–Crippen LogP) is 2.83. The summed E-state index contributed by atoms with van der Waals surface area (Å²) in [5.74, 6) is -3.30. The Bertz CT molecular complexity index is 522. The Kier molecular flexibility index (Phi) is 4.98. The maximum absolute atomic E-state index is 12.8. The zero-order chi connectivity index (χ0) is 16.3. The van der Waals surface area contributed by atoms with E-state index in [-0.39, 0.29) is 12.2 Å². The van der Waals surface area contributed by atoms with Crippen molar-refractivity contribution in [3.8, 4) is 0 Å². The van der Waals surface area contributed by atoms with E-state index in [0.717, 1.165) is 5.56 Å². The Hall–Kier alpha value is -2.05. The van der Waals surface area contributed by atoms with Crippen LogP contribution in [0.25, 0.3) is 0 Å². The van der Waals surface area contributed by atoms with Crippen molar-refractivity contribution in [1.82, 2.24) is 0 Å². The molecule has 7 heteroatoms. The van der Waals surface area contributed by atoms with Crippen molar-refractivity contribution in [1.29, 1.82) is 0 Å². The van der Waals surface area contributed by atoms with Crippen LogP contribution in [0.5, 0.6) is 0 Å². The SMILES string of the molecule is CCOC(=O)C(CC(F)(F)F)(C(=O)O)c1ccc(C)cc1. The Labute approximate surface area is 119 Å². The number of carbonyl (C=O) groups excluding carboxylic acids is 1. The second-order valence-electron chi connectivity index (χ2n) is 4.59. The lowest BCUT2D eigenvalue weighted by molar-refractivity contribution is -0.182. The molecule has 0 amide bonds. The summed E-state index contributed by atoms with van der Waals surface area (Å²) >= 11 is 0. The standard InChI is InChI=1S/C14H15F3O4/c1-3-21-12(20)13(11(18)19,8-14(15,16)17)10-6-4-9(2)5-7-10/h4-7H,3,8H2,1-2H3,(H,18,19). The number of rotatable bonds is 5. The molecule has 1 N–H and O–H groups in total. The van der Waals surface area contributed by atoms with Crippen molar-refractivity contribution in [3.63, 3.8) is 0 Å². The molecular weight excluding hydrogens is 289 g/mol. The minimum atomic E-state index is -4.84. The van der Waals surface area contributed by atoms with Gasteiger partial charge in [-0.15, -0.1) is 0 Å². The fraction of sp³-hybridized carbons (Fsp3) is 0.429. The zero-order valence-electron chi connectivity index (χ0n) is 11.5. The van der Waals surface area contributed by atoms with Crippen LogP contribution in [0, 0.1) is 6.92 Å². The van der Waals surface area contributed by atoms with Crippen LogP contribution >= 0.6 is 0 Å². The lowest BCUT2D eigenvalue weighted by atomic mass is 9.77. The monoisotopic (exact) mass is 304 g/mol. The molecule has 1 rings (SSSR count). The van der Waals surface area contributed by atoms with Gasteiger partial charge in [-0.05, 0) is 19.4 Å². The molecule has 0 aliphatic rings. The van der Waals surface area contributed by atoms with Crippen LogP contribution in [0.15, 0.2) is 24.3 Å². The fourth-order valence-corrected chi connectivity index (χ4v) is 1.97. The highest BCUT2D eigenvalue weighted by atomic mass is 19.4. The number of hydrogen-bond donors (Lipinski definition) is 1. The van der Waals surface area contributed by atoms with E-state index in [1.54, 1.807) is 6.92 Å². The predicted molar refractivity (Wildman–Crippen MR) is 67.8 cm³/mol. The van der Waals surface area contributed by atoms with Crippen molar-refractivity contribution >= 4 is 11.9 Å². The minimum Gasteiger partial charge on any atom is -0.480 e. The molecule has 0 heterocycles. The third kappa shape index (κ3) is 3.74. The molecule has 116 valence electrons. The molecule has 21 heavy (non-hydrogen) atoms. The van der Waals surface area contributed by atoms with Gasteiger partial charge in [0.1, 0.15) is 0 Å². The number of halogens is 3. The Morgan fingerprint density at radius 2 is 1.71 bits per heavy atom. The number of esters is 1. The quantitative estimate of drug-likeness (QED) is 0.671. The maximum atomic E-state index is 12.8. The summed E-state index contributed by atoms with van der Waals surface area (Å²) in [6, 6.07) is 5.30. The van der Waals surface area contributed by atoms with Crippen molar-refractivity contribution in [3.05, 3.63) is 35.4 Å². The van der Waals surface area contributed by atoms with Gasteiger partial charge in [0, 0.05) is 0 Å². The van der Waals surface area contributed by atoms with Gasteiger partial charge in [-0.3, -0.25) is 9.59 Å². The van der Waals surface area contributed by atoms with Crippen molar-refractivity contribution in [2.45, 2.75) is 31.9 Å². The van der Waals surface area contributed by atoms with Crippen LogP contribution in [0.4, 0.5) is 13.2 Å². The van der Waals surface area contributed by atoms with Crippen LogP contribution in [0.1, 0.15) is 24.5 Å². The Morgan fingerprint density at radius 3 is 2.10 bits per heavy atom. The van der Waals surface area contributed by atoms with Gasteiger partial charge in [-0.25, -0.2) is 0 Å². The first-order chi connectivity index (χ1) is 9.63. The molecule has 1 unspecified atom stereocenters. The molecule has 0 spiro atoms. The van der Waals surface area contributed by atoms with Crippen LogP contribution in [-0.2, 0) is 19.7 Å². The van der Waals surface area contributed by atoms with Gasteiger partial charge in [0.25, 0.3) is 0 Å². The third-order valence-corrected chi connectivity index (χ3v) is 3.00. The molecule has 0 saturated carbocycles. The summed E-state index contributed by atoms with van der Waals surface area (Å²) in [5.41, 5.74) is -2.31. The number of carboxylic acid groups (broad SMARTS) is 1. The molecule has 0 radical (unpaired) electrons. The third-order valence-electron chi connectivity index (χ3n) is 3.00. The Morgan fingerprint density at radius 1 is 1.19 bits per heavy atom. The molecule has 0 bridgehead atoms. The van der Waals surface area contributed by atoms with E-state index in [9.17, 15) is 27.9 Å². The summed E-state index contributed by atoms with van der Waals surface area (Å²) in [7, 11) is 0. The van der Waals surface area contributed by atoms with Crippen LogP contribution in [0.3, 0.4) is 0 Å². The van der Waals surface area contributed by atoms with Gasteiger partial charge in [-0.1, -0.05) is 29.8 Å². The number of carbonyl (C=O) groups is 2. The average molecular weight is 304 g/mol. The molecule has 0 aromatic heterocycles. The van der Waals surface area contributed by atoms with Gasteiger partial charge >= 0.3 is 18.1 Å². The van der Waals surface area contributed by atoms with Crippen molar-refractivity contribution in [2.75, 3.05) is 6.61 Å². The number of benzene rings is 1. The summed E-state index contributed by atoms with van der Waals surface area (Å²) in [6.45, 7) is 2.88. The first-order valence-electron chi connectivity index (χ1n) is 6.18. The minimum absolute atomic E-state index is 0.211. The molecule has 4 nitrogen and oxygen atoms in total. The average Bonchev–Trinajstić information content (AvgIpc) is 2.35. The molecule has 1 atom stereocenters. The molecule has 0 aliphatic carbocycles. The van der Waals surface area contributed by atoms with Crippen LogP contribution < -0.4 is 0 Å². The van der Waals surface area contributed by atoms with Crippen LogP contribution in [0.2, 0.25) is 0 Å². The summed E-state index contributed by atoms with van der Waals surface area (Å²) < 4.78 is 43.0. The van der Waals surface area contributed by atoms with Gasteiger partial charge in [-0.2, -0.15) is 13.2 Å². The van der Waals surface area contributed by atoms with E-state index in [1.165, 1.54) is 31.2 Å². The highest BCUT2D eigenvalue weighted by Gasteiger charge is 2.56. The zero-order valence-corrected chi connectivity index (χ0v) is 11.5. The number of ether oxygens (including phenoxy) is 1. The molecule has 0 saturated heterocycles. The van der Waals surface area contributed by atoms with E-state index >= 15 is 0 Å². The topological polar surface area (TPSA) is 63.6 Å². The van der Waals surface area contributed by atoms with Gasteiger partial charge in [0.15, 0.2) is 5.41 Å². The highest BCUT2D eigenvalue weighted by Crippen LogP contribution is 2.38. The number of aryl methyl sites for hydroxylation is 1. The van der Waals surface area contributed by atoms with Crippen molar-refractivity contribution < 1.29 is 32.6 Å². The van der Waals surface area contributed by atoms with Gasteiger partial charge < -0.3 is 9.84 Å². The van der Waals surface area contributed by atoms with E-state index in [4.69, 9.17) is 0 Å². The first-order valence-corrected chi connectivity index (χ1v) is 6.18. The van der Waals surface area contributed by atoms with E-state index in [2.05, 4.69) is 4.74 Å². The highest BCUT2D eigenvalue weighted by molar-refractivity contribution is 6.05. The number of aliphatic carboxylic acids is 1. The smallest absolute Gasteiger partial charge is 0.391 e. The van der Waals surface area contributed by atoms with Crippen LogP contribution in [-0.4, -0.2) is 29.8 Å². The molecular formula is C14H15F3O4. The maximum Gasteiger partial charge on any atom is 0.391 e. The Balaban J connectivity index is 3.47. The fourth-order valence-electron chi connectivity index (χ4n) is 1.97. The normalized spacial score (nSPS) is 14.3. The largest absolute Gasteiger partial charge is 0.480 e. The second-order valence-corrected chi connectivity index (χ2v) is 4.59. The molecule has 0 fully saturated rings. The van der Waals surface area contributed by atoms with Gasteiger partial charge in [0.05, 0.1) is 13.0 Å². The van der Waals surface area contributed by atoms with E-state index in [1.807, 2.05) is 0 Å². The number of carboxylic acids is 1. The van der Waals surface area contributed by atoms with E-state index < -0.39 is 30.0 Å². The summed E-state index contributed by atoms with van der Waals surface area (Å²) in [5, 5.41) is 9.31. The van der Waals surface area contributed by atoms with Crippen molar-refractivity contribution in [2.24, 2.45) is 0 Å².